The molecule has 0 saturated heterocycles. The lowest BCUT2D eigenvalue weighted by Crippen LogP contribution is -2.24. The fourth-order valence-corrected chi connectivity index (χ4v) is 4.51. The molecule has 6 nitrogen and oxygen atoms in total. The monoisotopic (exact) mass is 468 g/mol. The molecule has 0 aliphatic heterocycles. The van der Waals surface area contributed by atoms with Gasteiger partial charge in [0.15, 0.2) is 11.0 Å². The number of thioether (sulfide) groups is 1. The van der Waals surface area contributed by atoms with Crippen molar-refractivity contribution in [1.82, 2.24) is 20.1 Å². The van der Waals surface area contributed by atoms with Gasteiger partial charge in [0.25, 0.3) is 0 Å². The summed E-state index contributed by atoms with van der Waals surface area (Å²) in [4.78, 5) is 13.4. The Morgan fingerprint density at radius 2 is 1.81 bits per heavy atom. The molecule has 32 heavy (non-hydrogen) atoms. The highest BCUT2D eigenvalue weighted by atomic mass is 32.2. The number of carbonyl (C=O) groups is 1. The summed E-state index contributed by atoms with van der Waals surface area (Å²) in [6.07, 6.45) is 0. The Labute approximate surface area is 193 Å². The van der Waals surface area contributed by atoms with E-state index < -0.39 is 0 Å². The highest BCUT2D eigenvalue weighted by Crippen LogP contribution is 2.27. The standard InChI is InChI=1S/C23H21FN4O2S2/c1-2-28-22(20-4-3-13-31-20)26-27-23(28)32-15-21(29)25-14-16-5-9-18(10-6-16)30-19-11-7-17(24)8-12-19/h3-13H,2,14-15H2,1H3,(H,25,29). The Morgan fingerprint density at radius 3 is 2.47 bits per heavy atom. The quantitative estimate of drug-likeness (QED) is 0.335. The van der Waals surface area contributed by atoms with E-state index in [-0.39, 0.29) is 17.5 Å². The molecule has 1 amide bonds. The van der Waals surface area contributed by atoms with Crippen molar-refractivity contribution in [3.05, 3.63) is 77.4 Å². The van der Waals surface area contributed by atoms with Crippen LogP contribution in [0.5, 0.6) is 11.5 Å². The lowest BCUT2D eigenvalue weighted by atomic mass is 10.2. The first-order valence-electron chi connectivity index (χ1n) is 10.0. The number of hydrogen-bond acceptors (Lipinski definition) is 6. The topological polar surface area (TPSA) is 69.0 Å². The molecule has 0 atom stereocenters. The second-order valence-electron chi connectivity index (χ2n) is 6.79. The number of nitrogens with one attached hydrogen (secondary N) is 1. The normalized spacial score (nSPS) is 10.8. The molecule has 0 aliphatic carbocycles. The van der Waals surface area contributed by atoms with Crippen LogP contribution in [0.4, 0.5) is 4.39 Å². The van der Waals surface area contributed by atoms with Crippen LogP contribution in [0.3, 0.4) is 0 Å². The van der Waals surface area contributed by atoms with Gasteiger partial charge in [-0.25, -0.2) is 4.39 Å². The predicted octanol–water partition coefficient (Wildman–Crippen LogP) is 5.37. The van der Waals surface area contributed by atoms with E-state index in [4.69, 9.17) is 4.74 Å². The number of rotatable bonds is 9. The zero-order valence-corrected chi connectivity index (χ0v) is 19.0. The summed E-state index contributed by atoms with van der Waals surface area (Å²) in [5.41, 5.74) is 0.950. The maximum atomic E-state index is 13.0. The second kappa shape index (κ2) is 10.4. The summed E-state index contributed by atoms with van der Waals surface area (Å²) < 4.78 is 20.7. The zero-order chi connectivity index (χ0) is 22.3. The molecule has 4 aromatic rings. The lowest BCUT2D eigenvalue weighted by molar-refractivity contribution is -0.118. The van der Waals surface area contributed by atoms with E-state index in [0.29, 0.717) is 18.0 Å². The van der Waals surface area contributed by atoms with Crippen LogP contribution in [0.1, 0.15) is 12.5 Å². The van der Waals surface area contributed by atoms with Gasteiger partial charge in [0.05, 0.1) is 10.6 Å². The van der Waals surface area contributed by atoms with Crippen LogP contribution in [0.25, 0.3) is 10.7 Å². The summed E-state index contributed by atoms with van der Waals surface area (Å²) in [6.45, 7) is 3.18. The highest BCUT2D eigenvalue weighted by molar-refractivity contribution is 7.99. The third-order valence-electron chi connectivity index (χ3n) is 4.57. The van der Waals surface area contributed by atoms with Gasteiger partial charge in [-0.2, -0.15) is 0 Å². The van der Waals surface area contributed by atoms with Gasteiger partial charge in [-0.05, 0) is 60.3 Å². The minimum Gasteiger partial charge on any atom is -0.457 e. The van der Waals surface area contributed by atoms with E-state index >= 15 is 0 Å². The molecule has 2 heterocycles. The van der Waals surface area contributed by atoms with Crippen LogP contribution < -0.4 is 10.1 Å². The van der Waals surface area contributed by atoms with E-state index in [2.05, 4.69) is 15.5 Å². The first kappa shape index (κ1) is 22.0. The summed E-state index contributed by atoms with van der Waals surface area (Å²) in [6, 6.07) is 17.2. The third kappa shape index (κ3) is 5.54. The van der Waals surface area contributed by atoms with Crippen LogP contribution in [0.2, 0.25) is 0 Å². The van der Waals surface area contributed by atoms with Crippen molar-refractivity contribution in [3.8, 4) is 22.2 Å². The van der Waals surface area contributed by atoms with Gasteiger partial charge < -0.3 is 14.6 Å². The van der Waals surface area contributed by atoms with Crippen molar-refractivity contribution in [1.29, 1.82) is 0 Å². The Bertz CT molecular complexity index is 1160. The van der Waals surface area contributed by atoms with Crippen LogP contribution in [0, 0.1) is 5.82 Å². The van der Waals surface area contributed by atoms with E-state index in [1.54, 1.807) is 23.5 Å². The predicted molar refractivity (Wildman–Crippen MR) is 124 cm³/mol. The highest BCUT2D eigenvalue weighted by Gasteiger charge is 2.15. The molecule has 0 unspecified atom stereocenters. The lowest BCUT2D eigenvalue weighted by Gasteiger charge is -2.08. The number of aromatic nitrogens is 3. The van der Waals surface area contributed by atoms with E-state index in [1.165, 1.54) is 23.9 Å². The molecule has 0 spiro atoms. The van der Waals surface area contributed by atoms with Crippen LogP contribution in [-0.4, -0.2) is 26.4 Å². The van der Waals surface area contributed by atoms with Gasteiger partial charge in [0, 0.05) is 13.1 Å². The zero-order valence-electron chi connectivity index (χ0n) is 17.3. The second-order valence-corrected chi connectivity index (χ2v) is 8.68. The number of halogens is 1. The van der Waals surface area contributed by atoms with Crippen molar-refractivity contribution in [3.63, 3.8) is 0 Å². The third-order valence-corrected chi connectivity index (χ3v) is 6.40. The Kier molecular flexibility index (Phi) is 7.18. The van der Waals surface area contributed by atoms with Crippen molar-refractivity contribution < 1.29 is 13.9 Å². The first-order chi connectivity index (χ1) is 15.6. The van der Waals surface area contributed by atoms with Crippen molar-refractivity contribution in [2.75, 3.05) is 5.75 Å². The molecule has 0 radical (unpaired) electrons. The fourth-order valence-electron chi connectivity index (χ4n) is 2.96. The number of thiophene rings is 1. The number of nitrogens with zero attached hydrogens (tertiary/aromatic N) is 3. The van der Waals surface area contributed by atoms with Gasteiger partial charge >= 0.3 is 0 Å². The minimum absolute atomic E-state index is 0.0787. The average Bonchev–Trinajstić information content (AvgIpc) is 3.48. The van der Waals surface area contributed by atoms with Crippen LogP contribution in [-0.2, 0) is 17.9 Å². The maximum absolute atomic E-state index is 13.0. The minimum atomic E-state index is -0.306. The van der Waals surface area contributed by atoms with Gasteiger partial charge in [0.1, 0.15) is 17.3 Å². The van der Waals surface area contributed by atoms with E-state index in [9.17, 15) is 9.18 Å². The fraction of sp³-hybridized carbons (Fsp3) is 0.174. The molecular weight excluding hydrogens is 447 g/mol. The molecule has 4 rings (SSSR count). The van der Waals surface area contributed by atoms with E-state index in [1.807, 2.05) is 53.3 Å². The number of benzene rings is 2. The largest absolute Gasteiger partial charge is 0.457 e. The molecule has 0 fully saturated rings. The van der Waals surface area contributed by atoms with Gasteiger partial charge in [-0.15, -0.1) is 21.5 Å². The molecule has 0 aliphatic rings. The Hall–Kier alpha value is -3.17. The molecule has 0 saturated carbocycles. The number of hydrogen-bond donors (Lipinski definition) is 1. The average molecular weight is 469 g/mol. The van der Waals surface area contributed by atoms with Gasteiger partial charge in [-0.3, -0.25) is 4.79 Å². The van der Waals surface area contributed by atoms with Crippen molar-refractivity contribution in [2.24, 2.45) is 0 Å². The summed E-state index contributed by atoms with van der Waals surface area (Å²) in [5.74, 6) is 1.90. The maximum Gasteiger partial charge on any atom is 0.230 e. The number of carbonyl (C=O) groups excluding carboxylic acids is 1. The summed E-state index contributed by atoms with van der Waals surface area (Å²) >= 11 is 2.99. The number of amides is 1. The van der Waals surface area contributed by atoms with E-state index in [0.717, 1.165) is 28.0 Å². The molecule has 164 valence electrons. The van der Waals surface area contributed by atoms with Crippen LogP contribution in [0.15, 0.2) is 71.2 Å². The molecule has 2 aromatic heterocycles. The van der Waals surface area contributed by atoms with Crippen molar-refractivity contribution in [2.45, 2.75) is 25.2 Å². The first-order valence-corrected chi connectivity index (χ1v) is 11.9. The summed E-state index contributed by atoms with van der Waals surface area (Å²) in [7, 11) is 0. The van der Waals surface area contributed by atoms with Crippen LogP contribution >= 0.6 is 23.1 Å². The van der Waals surface area contributed by atoms with Gasteiger partial charge in [-0.1, -0.05) is 30.0 Å². The number of ether oxygens (including phenoxy) is 1. The molecule has 0 bridgehead atoms. The SMILES string of the molecule is CCn1c(SCC(=O)NCc2ccc(Oc3ccc(F)cc3)cc2)nnc1-c1cccs1. The molecular formula is C23H21FN4O2S2. The molecule has 2 aromatic carbocycles. The molecule has 1 N–H and O–H groups in total. The molecule has 9 heteroatoms. The van der Waals surface area contributed by atoms with Crippen molar-refractivity contribution >= 4 is 29.0 Å². The smallest absolute Gasteiger partial charge is 0.230 e. The summed E-state index contributed by atoms with van der Waals surface area (Å²) in [5, 5.41) is 14.2. The Balaban J connectivity index is 1.27. The Morgan fingerprint density at radius 1 is 1.09 bits per heavy atom. The van der Waals surface area contributed by atoms with Gasteiger partial charge in [0.2, 0.25) is 5.91 Å².